The minimum atomic E-state index is -3.14. The predicted molar refractivity (Wildman–Crippen MR) is 83.8 cm³/mol. The van der Waals surface area contributed by atoms with Gasteiger partial charge in [-0.1, -0.05) is 30.3 Å². The molecule has 2 aromatic rings. The summed E-state index contributed by atoms with van der Waals surface area (Å²) in [6.45, 7) is 3.32. The largest absolute Gasteiger partial charge is 0.492 e. The van der Waals surface area contributed by atoms with Gasteiger partial charge in [0.2, 0.25) is 0 Å². The number of fused-ring (bicyclic) bond motifs is 1. The first-order chi connectivity index (χ1) is 9.95. The van der Waals surface area contributed by atoms with Crippen LogP contribution in [0.2, 0.25) is 0 Å². The molecule has 0 aromatic heterocycles. The van der Waals surface area contributed by atoms with E-state index in [1.54, 1.807) is 19.9 Å². The van der Waals surface area contributed by atoms with E-state index >= 15 is 0 Å². The third-order valence-electron chi connectivity index (χ3n) is 3.39. The van der Waals surface area contributed by atoms with Crippen LogP contribution in [0.1, 0.15) is 24.2 Å². The first-order valence-corrected chi connectivity index (χ1v) is 8.48. The first kappa shape index (κ1) is 15.5. The van der Waals surface area contributed by atoms with Gasteiger partial charge in [0.25, 0.3) is 0 Å². The number of sulfone groups is 1. The number of hydrogen-bond acceptors (Lipinski definition) is 4. The normalized spacial score (nSPS) is 11.8. The van der Waals surface area contributed by atoms with Gasteiger partial charge in [-0.15, -0.1) is 0 Å². The molecule has 0 aliphatic rings. The van der Waals surface area contributed by atoms with Crippen LogP contribution in [0.3, 0.4) is 0 Å². The molecule has 5 heteroatoms. The number of carbonyl (C=O) groups is 1. The average Bonchev–Trinajstić information content (AvgIpc) is 2.46. The Morgan fingerprint density at radius 2 is 1.86 bits per heavy atom. The van der Waals surface area contributed by atoms with E-state index in [9.17, 15) is 13.2 Å². The van der Waals surface area contributed by atoms with E-state index in [4.69, 9.17) is 4.74 Å². The minimum Gasteiger partial charge on any atom is -0.492 e. The molecule has 0 heterocycles. The van der Waals surface area contributed by atoms with Crippen LogP contribution in [-0.4, -0.2) is 32.3 Å². The molecule has 0 bridgehead atoms. The second-order valence-corrected chi connectivity index (χ2v) is 7.76. The van der Waals surface area contributed by atoms with Crippen molar-refractivity contribution in [1.29, 1.82) is 0 Å². The van der Waals surface area contributed by atoms with E-state index in [0.29, 0.717) is 11.3 Å². The molecule has 2 rings (SSSR count). The molecule has 0 saturated carbocycles. The summed E-state index contributed by atoms with van der Waals surface area (Å²) in [6.07, 6.45) is 0.745. The maximum absolute atomic E-state index is 11.7. The fraction of sp³-hybridized carbons (Fsp3) is 0.312. The van der Waals surface area contributed by atoms with Gasteiger partial charge in [-0.05, 0) is 30.7 Å². The Kier molecular flexibility index (Phi) is 4.63. The second kappa shape index (κ2) is 6.26. The molecule has 0 N–H and O–H groups in total. The Morgan fingerprint density at radius 3 is 2.52 bits per heavy atom. The lowest BCUT2D eigenvalue weighted by Crippen LogP contribution is -2.22. The van der Waals surface area contributed by atoms with Gasteiger partial charge in [-0.2, -0.15) is 0 Å². The molecule has 112 valence electrons. The maximum Gasteiger partial charge on any atom is 0.155 e. The number of ether oxygens (including phenoxy) is 1. The summed E-state index contributed by atoms with van der Waals surface area (Å²) in [5.74, 6) is 0.359. The molecule has 0 amide bonds. The van der Waals surface area contributed by atoms with Crippen molar-refractivity contribution in [2.45, 2.75) is 19.1 Å². The summed E-state index contributed by atoms with van der Waals surface area (Å²) < 4.78 is 29.0. The summed E-state index contributed by atoms with van der Waals surface area (Å²) in [4.78, 5) is 11.3. The van der Waals surface area contributed by atoms with Gasteiger partial charge < -0.3 is 4.74 Å². The molecule has 0 unspecified atom stereocenters. The Bertz CT molecular complexity index is 748. The molecule has 21 heavy (non-hydrogen) atoms. The Balaban J connectivity index is 2.21. The highest BCUT2D eigenvalue weighted by atomic mass is 32.2. The zero-order valence-electron chi connectivity index (χ0n) is 12.1. The van der Waals surface area contributed by atoms with E-state index in [1.165, 1.54) is 0 Å². The summed E-state index contributed by atoms with van der Waals surface area (Å²) >= 11 is 0. The van der Waals surface area contributed by atoms with Crippen LogP contribution in [0, 0.1) is 0 Å². The van der Waals surface area contributed by atoms with Gasteiger partial charge in [-0.3, -0.25) is 4.79 Å². The number of carbonyl (C=O) groups excluding carboxylic acids is 1. The zero-order valence-corrected chi connectivity index (χ0v) is 12.9. The SMILES string of the molecule is CC(C)S(=O)(=O)CCOc1ccc2ccccc2c1C=O. The molecular formula is C16H18O4S. The lowest BCUT2D eigenvalue weighted by atomic mass is 10.0. The summed E-state index contributed by atoms with van der Waals surface area (Å²) in [5.41, 5.74) is 0.454. The molecule has 2 aromatic carbocycles. The topological polar surface area (TPSA) is 60.4 Å². The predicted octanol–water partition coefficient (Wildman–Crippen LogP) is 2.85. The van der Waals surface area contributed by atoms with E-state index in [0.717, 1.165) is 17.1 Å². The van der Waals surface area contributed by atoms with Crippen LogP contribution in [-0.2, 0) is 9.84 Å². The quantitative estimate of drug-likeness (QED) is 0.770. The number of hydrogen-bond donors (Lipinski definition) is 0. The molecular weight excluding hydrogens is 288 g/mol. The summed E-state index contributed by atoms with van der Waals surface area (Å²) in [5, 5.41) is 1.32. The van der Waals surface area contributed by atoms with E-state index < -0.39 is 15.1 Å². The number of aldehydes is 1. The highest BCUT2D eigenvalue weighted by Crippen LogP contribution is 2.26. The molecule has 0 spiro atoms. The fourth-order valence-electron chi connectivity index (χ4n) is 2.03. The summed E-state index contributed by atoms with van der Waals surface area (Å²) in [7, 11) is -3.14. The molecule has 0 aliphatic heterocycles. The van der Waals surface area contributed by atoms with Crippen molar-refractivity contribution in [2.75, 3.05) is 12.4 Å². The molecule has 4 nitrogen and oxygen atoms in total. The van der Waals surface area contributed by atoms with Crippen LogP contribution in [0.25, 0.3) is 10.8 Å². The van der Waals surface area contributed by atoms with Gasteiger partial charge in [0.15, 0.2) is 16.1 Å². The van der Waals surface area contributed by atoms with Crippen molar-refractivity contribution < 1.29 is 17.9 Å². The van der Waals surface area contributed by atoms with Gasteiger partial charge >= 0.3 is 0 Å². The molecule has 0 aliphatic carbocycles. The summed E-state index contributed by atoms with van der Waals surface area (Å²) in [6, 6.07) is 11.1. The first-order valence-electron chi connectivity index (χ1n) is 6.77. The fourth-order valence-corrected chi connectivity index (χ4v) is 2.81. The van der Waals surface area contributed by atoms with Crippen molar-refractivity contribution in [3.8, 4) is 5.75 Å². The number of benzene rings is 2. The zero-order chi connectivity index (χ0) is 15.5. The van der Waals surface area contributed by atoms with Gasteiger partial charge in [-0.25, -0.2) is 8.42 Å². The molecule has 0 fully saturated rings. The Morgan fingerprint density at radius 1 is 1.14 bits per heavy atom. The van der Waals surface area contributed by atoms with E-state index in [-0.39, 0.29) is 12.4 Å². The monoisotopic (exact) mass is 306 g/mol. The van der Waals surface area contributed by atoms with Crippen molar-refractivity contribution in [3.05, 3.63) is 42.0 Å². The van der Waals surface area contributed by atoms with Crippen LogP contribution >= 0.6 is 0 Å². The van der Waals surface area contributed by atoms with E-state index in [1.807, 2.05) is 30.3 Å². The van der Waals surface area contributed by atoms with Crippen LogP contribution in [0.4, 0.5) is 0 Å². The van der Waals surface area contributed by atoms with Crippen molar-refractivity contribution in [2.24, 2.45) is 0 Å². The lowest BCUT2D eigenvalue weighted by Gasteiger charge is -2.12. The van der Waals surface area contributed by atoms with Crippen molar-refractivity contribution >= 4 is 26.9 Å². The Labute approximate surface area is 124 Å². The van der Waals surface area contributed by atoms with Crippen molar-refractivity contribution in [1.82, 2.24) is 0 Å². The minimum absolute atomic E-state index is 0.0414. The third-order valence-corrected chi connectivity index (χ3v) is 5.56. The van der Waals surface area contributed by atoms with Gasteiger partial charge in [0.05, 0.1) is 16.6 Å². The standard InChI is InChI=1S/C16H18O4S/c1-12(2)21(18,19)10-9-20-16-8-7-13-5-3-4-6-14(13)15(16)11-17/h3-8,11-12H,9-10H2,1-2H3. The van der Waals surface area contributed by atoms with E-state index in [2.05, 4.69) is 0 Å². The number of rotatable bonds is 6. The highest BCUT2D eigenvalue weighted by molar-refractivity contribution is 7.91. The average molecular weight is 306 g/mol. The molecule has 0 atom stereocenters. The lowest BCUT2D eigenvalue weighted by molar-refractivity contribution is 0.112. The molecule has 0 radical (unpaired) electrons. The van der Waals surface area contributed by atoms with Crippen LogP contribution in [0.5, 0.6) is 5.75 Å². The Hall–Kier alpha value is -1.88. The van der Waals surface area contributed by atoms with Crippen LogP contribution < -0.4 is 4.74 Å². The maximum atomic E-state index is 11.7. The highest BCUT2D eigenvalue weighted by Gasteiger charge is 2.16. The smallest absolute Gasteiger partial charge is 0.155 e. The van der Waals surface area contributed by atoms with Crippen molar-refractivity contribution in [3.63, 3.8) is 0 Å². The van der Waals surface area contributed by atoms with Gasteiger partial charge in [0.1, 0.15) is 12.4 Å². The second-order valence-electron chi connectivity index (χ2n) is 5.08. The molecule has 0 saturated heterocycles. The van der Waals surface area contributed by atoms with Gasteiger partial charge in [0, 0.05) is 0 Å². The third kappa shape index (κ3) is 3.42. The van der Waals surface area contributed by atoms with Crippen LogP contribution in [0.15, 0.2) is 36.4 Å².